The van der Waals surface area contributed by atoms with Crippen molar-refractivity contribution in [2.45, 2.75) is 26.3 Å². The fraction of sp³-hybridized carbons (Fsp3) is 0.833. The van der Waals surface area contributed by atoms with Crippen LogP contribution in [0.3, 0.4) is 0 Å². The van der Waals surface area contributed by atoms with Crippen molar-refractivity contribution in [3.8, 4) is 0 Å². The summed E-state index contributed by atoms with van der Waals surface area (Å²) in [6, 6.07) is -0.493. The first-order chi connectivity index (χ1) is 4.33. The molecule has 0 aromatic heterocycles. The lowest BCUT2D eigenvalue weighted by Crippen LogP contribution is -2.46. The monoisotopic (exact) mass is 146 g/mol. The summed E-state index contributed by atoms with van der Waals surface area (Å²) in [4.78, 5) is 10.7. The Kier molecular flexibility index (Phi) is 2.65. The van der Waals surface area contributed by atoms with Gasteiger partial charge in [-0.1, -0.05) is 0 Å². The molecular formula is C6H14N2O2. The normalized spacial score (nSPS) is 10.9. The van der Waals surface area contributed by atoms with Gasteiger partial charge in [0.15, 0.2) is 0 Å². The number of carbonyl (C=O) groups excluding carboxylic acids is 1. The smallest absolute Gasteiger partial charge is 0.332 e. The summed E-state index contributed by atoms with van der Waals surface area (Å²) in [6.45, 7) is 5.52. The zero-order valence-corrected chi connectivity index (χ0v) is 6.80. The molecule has 10 heavy (non-hydrogen) atoms. The van der Waals surface area contributed by atoms with Gasteiger partial charge >= 0.3 is 6.03 Å². The molecule has 0 aliphatic heterocycles. The van der Waals surface area contributed by atoms with E-state index in [1.54, 1.807) is 0 Å². The maximum Gasteiger partial charge on any atom is 0.341 e. The molecule has 0 aromatic carbocycles. The van der Waals surface area contributed by atoms with Crippen molar-refractivity contribution in [2.75, 3.05) is 7.05 Å². The standard InChI is InChI=1S/C6H14N2O2/c1-6(2,3)7-5(9)8(4)10/h10H,1-4H3,(H,7,9). The van der Waals surface area contributed by atoms with Crippen LogP contribution in [0.15, 0.2) is 0 Å². The lowest BCUT2D eigenvalue weighted by atomic mass is 10.1. The molecule has 0 bridgehead atoms. The van der Waals surface area contributed by atoms with Crippen molar-refractivity contribution in [1.29, 1.82) is 0 Å². The van der Waals surface area contributed by atoms with E-state index < -0.39 is 6.03 Å². The molecule has 0 aromatic rings. The van der Waals surface area contributed by atoms with Crippen LogP contribution in [0.4, 0.5) is 4.79 Å². The van der Waals surface area contributed by atoms with Crippen LogP contribution in [-0.2, 0) is 0 Å². The number of nitrogens with zero attached hydrogens (tertiary/aromatic N) is 1. The molecule has 2 amide bonds. The highest BCUT2D eigenvalue weighted by molar-refractivity contribution is 5.73. The van der Waals surface area contributed by atoms with Crippen LogP contribution in [0.5, 0.6) is 0 Å². The first-order valence-corrected chi connectivity index (χ1v) is 3.07. The molecule has 0 rings (SSSR count). The van der Waals surface area contributed by atoms with E-state index in [9.17, 15) is 4.79 Å². The van der Waals surface area contributed by atoms with Crippen LogP contribution in [0.2, 0.25) is 0 Å². The van der Waals surface area contributed by atoms with Crippen LogP contribution in [0.1, 0.15) is 20.8 Å². The molecule has 0 spiro atoms. The second-order valence-electron chi connectivity index (χ2n) is 3.20. The molecular weight excluding hydrogens is 132 g/mol. The summed E-state index contributed by atoms with van der Waals surface area (Å²) < 4.78 is 0. The number of carbonyl (C=O) groups is 1. The molecule has 4 nitrogen and oxygen atoms in total. The van der Waals surface area contributed by atoms with Crippen LogP contribution in [0, 0.1) is 0 Å². The maximum absolute atomic E-state index is 10.7. The lowest BCUT2D eigenvalue weighted by molar-refractivity contribution is -0.0206. The summed E-state index contributed by atoms with van der Waals surface area (Å²) in [5.41, 5.74) is -0.298. The minimum atomic E-state index is -0.493. The van der Waals surface area contributed by atoms with Gasteiger partial charge in [-0.25, -0.2) is 9.86 Å². The van der Waals surface area contributed by atoms with Gasteiger partial charge in [0.05, 0.1) is 0 Å². The topological polar surface area (TPSA) is 52.6 Å². The van der Waals surface area contributed by atoms with Crippen molar-refractivity contribution in [2.24, 2.45) is 0 Å². The van der Waals surface area contributed by atoms with Gasteiger partial charge in [-0.3, -0.25) is 5.21 Å². The molecule has 0 saturated heterocycles. The van der Waals surface area contributed by atoms with E-state index in [2.05, 4.69) is 5.32 Å². The average Bonchev–Trinajstić information content (AvgIpc) is 1.60. The Morgan fingerprint density at radius 3 is 2.00 bits per heavy atom. The van der Waals surface area contributed by atoms with Gasteiger partial charge in [0, 0.05) is 12.6 Å². The Labute approximate surface area is 60.8 Å². The highest BCUT2D eigenvalue weighted by Gasteiger charge is 2.14. The molecule has 0 fully saturated rings. The molecule has 0 saturated carbocycles. The van der Waals surface area contributed by atoms with Crippen molar-refractivity contribution in [1.82, 2.24) is 10.4 Å². The molecule has 0 unspecified atom stereocenters. The van der Waals surface area contributed by atoms with E-state index in [0.29, 0.717) is 5.06 Å². The second-order valence-corrected chi connectivity index (χ2v) is 3.20. The fourth-order valence-electron chi connectivity index (χ4n) is 0.402. The molecule has 60 valence electrons. The van der Waals surface area contributed by atoms with Crippen molar-refractivity contribution in [3.63, 3.8) is 0 Å². The maximum atomic E-state index is 10.7. The summed E-state index contributed by atoms with van der Waals surface area (Å²) >= 11 is 0. The lowest BCUT2D eigenvalue weighted by Gasteiger charge is -2.22. The molecule has 0 atom stereocenters. The first kappa shape index (κ1) is 9.23. The Bertz CT molecular complexity index is 126. The van der Waals surface area contributed by atoms with Gasteiger partial charge in [-0.15, -0.1) is 0 Å². The van der Waals surface area contributed by atoms with Gasteiger partial charge in [0.2, 0.25) is 0 Å². The summed E-state index contributed by atoms with van der Waals surface area (Å²) in [7, 11) is 1.28. The minimum absolute atomic E-state index is 0.298. The van der Waals surface area contributed by atoms with E-state index in [0.717, 1.165) is 0 Å². The summed E-state index contributed by atoms with van der Waals surface area (Å²) in [5, 5.41) is 11.7. The Hall–Kier alpha value is -0.770. The van der Waals surface area contributed by atoms with Gasteiger partial charge < -0.3 is 5.32 Å². The number of hydrogen-bond donors (Lipinski definition) is 2. The van der Waals surface area contributed by atoms with E-state index in [1.807, 2.05) is 20.8 Å². The van der Waals surface area contributed by atoms with Gasteiger partial charge in [-0.05, 0) is 20.8 Å². The van der Waals surface area contributed by atoms with Crippen LogP contribution in [-0.4, -0.2) is 28.9 Å². The summed E-state index contributed by atoms with van der Waals surface area (Å²) in [5.74, 6) is 0. The van der Waals surface area contributed by atoms with Gasteiger partial charge in [-0.2, -0.15) is 0 Å². The van der Waals surface area contributed by atoms with Crippen LogP contribution in [0.25, 0.3) is 0 Å². The second kappa shape index (κ2) is 2.88. The van der Waals surface area contributed by atoms with Gasteiger partial charge in [0.1, 0.15) is 0 Å². The van der Waals surface area contributed by atoms with Crippen molar-refractivity contribution >= 4 is 6.03 Å². The third-order valence-corrected chi connectivity index (χ3v) is 0.776. The largest absolute Gasteiger partial charge is 0.341 e. The predicted molar refractivity (Wildman–Crippen MR) is 37.8 cm³/mol. The first-order valence-electron chi connectivity index (χ1n) is 3.07. The van der Waals surface area contributed by atoms with Crippen molar-refractivity contribution < 1.29 is 10.0 Å². The third kappa shape index (κ3) is 4.14. The number of urea groups is 1. The summed E-state index contributed by atoms with van der Waals surface area (Å²) in [6.07, 6.45) is 0. The van der Waals surface area contributed by atoms with E-state index in [1.165, 1.54) is 7.05 Å². The Balaban J connectivity index is 3.81. The Morgan fingerprint density at radius 1 is 1.50 bits per heavy atom. The van der Waals surface area contributed by atoms with E-state index in [4.69, 9.17) is 5.21 Å². The van der Waals surface area contributed by atoms with Crippen LogP contribution < -0.4 is 5.32 Å². The minimum Gasteiger partial charge on any atom is -0.332 e. The highest BCUT2D eigenvalue weighted by atomic mass is 16.5. The third-order valence-electron chi connectivity index (χ3n) is 0.776. The average molecular weight is 146 g/mol. The molecule has 0 radical (unpaired) electrons. The predicted octanol–water partition coefficient (Wildman–Crippen LogP) is 0.815. The highest BCUT2D eigenvalue weighted by Crippen LogP contribution is 1.98. The number of nitrogens with one attached hydrogen (secondary N) is 1. The fourth-order valence-corrected chi connectivity index (χ4v) is 0.402. The quantitative estimate of drug-likeness (QED) is 0.392. The molecule has 0 heterocycles. The number of rotatable bonds is 0. The van der Waals surface area contributed by atoms with E-state index in [-0.39, 0.29) is 5.54 Å². The molecule has 2 N–H and O–H groups in total. The number of hydroxylamine groups is 2. The zero-order chi connectivity index (χ0) is 8.36. The zero-order valence-electron chi connectivity index (χ0n) is 6.80. The Morgan fingerprint density at radius 2 is 1.90 bits per heavy atom. The van der Waals surface area contributed by atoms with E-state index >= 15 is 0 Å². The number of hydrogen-bond acceptors (Lipinski definition) is 2. The van der Waals surface area contributed by atoms with Crippen LogP contribution >= 0.6 is 0 Å². The van der Waals surface area contributed by atoms with Crippen molar-refractivity contribution in [3.05, 3.63) is 0 Å². The SMILES string of the molecule is CN(O)C(=O)NC(C)(C)C. The molecule has 0 aliphatic rings. The molecule has 0 aliphatic carbocycles. The number of amides is 2. The molecule has 4 heteroatoms. The van der Waals surface area contributed by atoms with Gasteiger partial charge in [0.25, 0.3) is 0 Å².